The Kier molecular flexibility index (Phi) is 6.40. The molecule has 0 fully saturated rings. The van der Waals surface area contributed by atoms with E-state index in [9.17, 15) is 14.9 Å². The molecule has 0 saturated heterocycles. The van der Waals surface area contributed by atoms with Gasteiger partial charge in [0.05, 0.1) is 23.8 Å². The van der Waals surface area contributed by atoms with Crippen LogP contribution >= 0.6 is 23.4 Å². The van der Waals surface area contributed by atoms with Crippen LogP contribution in [0.2, 0.25) is 5.02 Å². The van der Waals surface area contributed by atoms with Crippen LogP contribution in [0.1, 0.15) is 17.0 Å². The standard InChI is InChI=1S/C21H17ClN2O3S/c1-27-21(26)18-17(14-7-3-2-4-8-14)16(11-23)20(24-19(18)25)28-12-13-6-5-9-15(22)10-13/h2-10,17-18H,12H2,1H3,(H,24,25)/t17-,18-/m1/s1. The van der Waals surface area contributed by atoms with E-state index in [-0.39, 0.29) is 0 Å². The quantitative estimate of drug-likeness (QED) is 0.592. The van der Waals surface area contributed by atoms with Crippen LogP contribution in [0.15, 0.2) is 65.2 Å². The summed E-state index contributed by atoms with van der Waals surface area (Å²) in [6.45, 7) is 0. The number of nitrogens with one attached hydrogen (secondary N) is 1. The number of ether oxygens (including phenoxy) is 1. The Bertz CT molecular complexity index is 969. The van der Waals surface area contributed by atoms with Gasteiger partial charge in [0, 0.05) is 16.7 Å². The predicted molar refractivity (Wildman–Crippen MR) is 108 cm³/mol. The number of benzene rings is 2. The Morgan fingerprint density at radius 2 is 2.00 bits per heavy atom. The van der Waals surface area contributed by atoms with Gasteiger partial charge in [-0.1, -0.05) is 54.1 Å². The lowest BCUT2D eigenvalue weighted by Crippen LogP contribution is -2.44. The Morgan fingerprint density at radius 1 is 1.25 bits per heavy atom. The van der Waals surface area contributed by atoms with E-state index in [4.69, 9.17) is 16.3 Å². The summed E-state index contributed by atoms with van der Waals surface area (Å²) in [5.74, 6) is -2.44. The number of nitriles is 1. The van der Waals surface area contributed by atoms with E-state index in [1.54, 1.807) is 18.2 Å². The van der Waals surface area contributed by atoms with Crippen LogP contribution < -0.4 is 5.32 Å². The molecule has 1 N–H and O–H groups in total. The number of hydrogen-bond donors (Lipinski definition) is 1. The Labute approximate surface area is 172 Å². The fourth-order valence-electron chi connectivity index (χ4n) is 3.12. The summed E-state index contributed by atoms with van der Waals surface area (Å²) >= 11 is 7.35. The molecule has 0 spiro atoms. The Morgan fingerprint density at radius 3 is 2.64 bits per heavy atom. The van der Waals surface area contributed by atoms with Crippen molar-refractivity contribution < 1.29 is 14.3 Å². The highest BCUT2D eigenvalue weighted by Crippen LogP contribution is 2.40. The average Bonchev–Trinajstić information content (AvgIpc) is 2.71. The molecule has 3 rings (SSSR count). The summed E-state index contributed by atoms with van der Waals surface area (Å²) < 4.78 is 4.83. The number of thioether (sulfide) groups is 1. The van der Waals surface area contributed by atoms with Crippen LogP contribution in [-0.4, -0.2) is 19.0 Å². The molecule has 0 aliphatic carbocycles. The summed E-state index contributed by atoms with van der Waals surface area (Å²) in [5, 5.41) is 13.6. The lowest BCUT2D eigenvalue weighted by atomic mass is 9.78. The van der Waals surface area contributed by atoms with Gasteiger partial charge in [0.2, 0.25) is 5.91 Å². The van der Waals surface area contributed by atoms with Gasteiger partial charge in [-0.15, -0.1) is 11.8 Å². The fourth-order valence-corrected chi connectivity index (χ4v) is 4.33. The lowest BCUT2D eigenvalue weighted by Gasteiger charge is -2.31. The second-order valence-corrected chi connectivity index (χ2v) is 7.57. The average molecular weight is 413 g/mol. The third-order valence-electron chi connectivity index (χ3n) is 4.41. The fraction of sp³-hybridized carbons (Fsp3) is 0.190. The van der Waals surface area contributed by atoms with Crippen molar-refractivity contribution in [2.45, 2.75) is 11.7 Å². The van der Waals surface area contributed by atoms with Crippen molar-refractivity contribution in [3.8, 4) is 6.07 Å². The molecule has 0 aromatic heterocycles. The first-order valence-corrected chi connectivity index (χ1v) is 9.86. The maximum absolute atomic E-state index is 12.7. The normalized spacial score (nSPS) is 19.0. The highest BCUT2D eigenvalue weighted by molar-refractivity contribution is 8.02. The first kappa shape index (κ1) is 20.0. The lowest BCUT2D eigenvalue weighted by molar-refractivity contribution is -0.150. The van der Waals surface area contributed by atoms with Gasteiger partial charge in [0.25, 0.3) is 0 Å². The van der Waals surface area contributed by atoms with E-state index in [1.165, 1.54) is 18.9 Å². The van der Waals surface area contributed by atoms with Gasteiger partial charge < -0.3 is 10.1 Å². The van der Waals surface area contributed by atoms with E-state index >= 15 is 0 Å². The number of allylic oxidation sites excluding steroid dienone is 1. The molecule has 5 nitrogen and oxygen atoms in total. The van der Waals surface area contributed by atoms with Gasteiger partial charge in [0.1, 0.15) is 5.92 Å². The second kappa shape index (κ2) is 8.96. The van der Waals surface area contributed by atoms with Gasteiger partial charge >= 0.3 is 5.97 Å². The van der Waals surface area contributed by atoms with Crippen LogP contribution in [0.3, 0.4) is 0 Å². The molecular formula is C21H17ClN2O3S. The molecule has 1 aliphatic rings. The number of carbonyl (C=O) groups excluding carboxylic acids is 2. The molecular weight excluding hydrogens is 396 g/mol. The van der Waals surface area contributed by atoms with Crippen molar-refractivity contribution in [1.29, 1.82) is 5.26 Å². The van der Waals surface area contributed by atoms with E-state index < -0.39 is 23.7 Å². The number of hydrogen-bond acceptors (Lipinski definition) is 5. The summed E-state index contributed by atoms with van der Waals surface area (Å²) in [4.78, 5) is 25.0. The number of esters is 1. The predicted octanol–water partition coefficient (Wildman–Crippen LogP) is 4.01. The molecule has 0 bridgehead atoms. The molecule has 0 unspecified atom stereocenters. The van der Waals surface area contributed by atoms with E-state index in [1.807, 2.05) is 36.4 Å². The number of halogens is 1. The van der Waals surface area contributed by atoms with E-state index in [2.05, 4.69) is 11.4 Å². The SMILES string of the molecule is COC(=O)[C@H]1C(=O)NC(SCc2cccc(Cl)c2)=C(C#N)[C@H]1c1ccccc1. The zero-order valence-corrected chi connectivity index (χ0v) is 16.6. The van der Waals surface area contributed by atoms with Crippen molar-refractivity contribution in [3.05, 3.63) is 81.3 Å². The van der Waals surface area contributed by atoms with Crippen LogP contribution in [0.4, 0.5) is 0 Å². The maximum Gasteiger partial charge on any atom is 0.319 e. The van der Waals surface area contributed by atoms with Gasteiger partial charge in [-0.2, -0.15) is 5.26 Å². The van der Waals surface area contributed by atoms with Gasteiger partial charge in [-0.3, -0.25) is 9.59 Å². The first-order chi connectivity index (χ1) is 13.5. The highest BCUT2D eigenvalue weighted by atomic mass is 35.5. The molecule has 1 aliphatic heterocycles. The minimum atomic E-state index is -1.11. The minimum absolute atomic E-state index is 0.341. The van der Waals surface area contributed by atoms with Gasteiger partial charge in [-0.05, 0) is 23.3 Å². The number of nitrogens with zero attached hydrogens (tertiary/aromatic N) is 1. The third kappa shape index (κ3) is 4.22. The first-order valence-electron chi connectivity index (χ1n) is 8.50. The molecule has 7 heteroatoms. The van der Waals surface area contributed by atoms with Crippen molar-refractivity contribution in [1.82, 2.24) is 5.32 Å². The molecule has 2 aromatic rings. The monoisotopic (exact) mass is 412 g/mol. The molecule has 0 radical (unpaired) electrons. The molecule has 0 saturated carbocycles. The summed E-state index contributed by atoms with van der Waals surface area (Å²) in [7, 11) is 1.23. The molecule has 2 aromatic carbocycles. The number of carbonyl (C=O) groups is 2. The second-order valence-electron chi connectivity index (χ2n) is 6.15. The smallest absolute Gasteiger partial charge is 0.319 e. The number of amides is 1. The number of rotatable bonds is 5. The minimum Gasteiger partial charge on any atom is -0.468 e. The maximum atomic E-state index is 12.7. The van der Waals surface area contributed by atoms with Gasteiger partial charge in [-0.25, -0.2) is 0 Å². The Hall–Kier alpha value is -2.75. The molecule has 2 atom stereocenters. The van der Waals surface area contributed by atoms with Crippen molar-refractivity contribution >= 4 is 35.2 Å². The zero-order valence-electron chi connectivity index (χ0n) is 15.0. The summed E-state index contributed by atoms with van der Waals surface area (Å²) in [6.07, 6.45) is 0. The summed E-state index contributed by atoms with van der Waals surface area (Å²) in [5.41, 5.74) is 2.02. The topological polar surface area (TPSA) is 79.2 Å². The molecule has 142 valence electrons. The third-order valence-corrected chi connectivity index (χ3v) is 5.74. The largest absolute Gasteiger partial charge is 0.468 e. The Balaban J connectivity index is 2.00. The van der Waals surface area contributed by atoms with Crippen LogP contribution in [0.5, 0.6) is 0 Å². The zero-order chi connectivity index (χ0) is 20.1. The molecule has 1 heterocycles. The van der Waals surface area contributed by atoms with E-state index in [0.717, 1.165) is 5.56 Å². The number of methoxy groups -OCH3 is 1. The summed E-state index contributed by atoms with van der Waals surface area (Å²) in [6, 6.07) is 18.6. The van der Waals surface area contributed by atoms with Crippen molar-refractivity contribution in [2.24, 2.45) is 5.92 Å². The van der Waals surface area contributed by atoms with Crippen molar-refractivity contribution in [2.75, 3.05) is 7.11 Å². The van der Waals surface area contributed by atoms with Crippen LogP contribution in [0.25, 0.3) is 0 Å². The van der Waals surface area contributed by atoms with Crippen LogP contribution in [-0.2, 0) is 20.1 Å². The van der Waals surface area contributed by atoms with E-state index in [0.29, 0.717) is 26.9 Å². The molecule has 28 heavy (non-hydrogen) atoms. The highest BCUT2D eigenvalue weighted by Gasteiger charge is 2.44. The van der Waals surface area contributed by atoms with Gasteiger partial charge in [0.15, 0.2) is 0 Å². The van der Waals surface area contributed by atoms with Crippen molar-refractivity contribution in [3.63, 3.8) is 0 Å². The van der Waals surface area contributed by atoms with Crippen LogP contribution in [0, 0.1) is 17.2 Å². The molecule has 1 amide bonds.